The summed E-state index contributed by atoms with van der Waals surface area (Å²) in [5.41, 5.74) is 0.930. The first-order valence-electron chi connectivity index (χ1n) is 12.3. The number of carbonyl (C=O) groups excluding carboxylic acids is 3. The first-order valence-corrected chi connectivity index (χ1v) is 12.3. The highest BCUT2D eigenvalue weighted by atomic mass is 16.7. The van der Waals surface area contributed by atoms with Gasteiger partial charge in [-0.1, -0.05) is 6.07 Å². The predicted octanol–water partition coefficient (Wildman–Crippen LogP) is -0.0607. The molecule has 2 aromatic heterocycles. The van der Waals surface area contributed by atoms with Gasteiger partial charge < -0.3 is 36.0 Å². The Morgan fingerprint density at radius 2 is 1.90 bits per heavy atom. The minimum Gasteiger partial charge on any atom is -0.494 e. The van der Waals surface area contributed by atoms with Crippen LogP contribution in [0.5, 0.6) is 5.75 Å². The van der Waals surface area contributed by atoms with Crippen LogP contribution in [-0.4, -0.2) is 72.8 Å². The van der Waals surface area contributed by atoms with Crippen molar-refractivity contribution in [2.45, 2.75) is 25.4 Å². The van der Waals surface area contributed by atoms with Gasteiger partial charge in [0.25, 0.3) is 11.8 Å². The van der Waals surface area contributed by atoms with E-state index in [1.165, 1.54) is 17.9 Å². The van der Waals surface area contributed by atoms with Crippen LogP contribution in [0.4, 0.5) is 17.2 Å². The number of amides is 3. The van der Waals surface area contributed by atoms with Gasteiger partial charge in [0, 0.05) is 31.1 Å². The number of carbonyl (C=O) groups is 3. The molecule has 0 atom stereocenters. The van der Waals surface area contributed by atoms with Crippen LogP contribution in [0.25, 0.3) is 11.3 Å². The number of hydrogen-bond donors (Lipinski definition) is 7. The molecule has 1 aromatic carbocycles. The maximum absolute atomic E-state index is 12.6. The standard InChI is InChI=1S/C25H27N9O7/c1-34-18(23(36)27-10-4-9-26)11-16(33-34)14-5-3-6-15(21(14)41-2)28-17-12-19(29-22(35)13-7-8-13)31-32-20(17)24(37)30-25(38,39)40/h3,5-6,11-13,38-40H,4,7-8,10H2,1-2H3,(H,27,36)(H,30,37)(H2,28,29,31,35). The van der Waals surface area contributed by atoms with Crippen molar-refractivity contribution in [3.63, 3.8) is 0 Å². The van der Waals surface area contributed by atoms with Crippen LogP contribution in [0.2, 0.25) is 0 Å². The SMILES string of the molecule is COc1c(Nc2cc(NC(=O)C3CC3)nnc2C(=O)NC(O)(O)O)cccc1-c1cc(C(=O)NCCC#N)n(C)n1. The van der Waals surface area contributed by atoms with E-state index in [0.29, 0.717) is 16.9 Å². The van der Waals surface area contributed by atoms with Crippen molar-refractivity contribution >= 4 is 34.9 Å². The van der Waals surface area contributed by atoms with Crippen LogP contribution in [0.1, 0.15) is 40.2 Å². The van der Waals surface area contributed by atoms with Crippen LogP contribution < -0.4 is 26.0 Å². The van der Waals surface area contributed by atoms with Crippen LogP contribution in [0, 0.1) is 17.2 Å². The van der Waals surface area contributed by atoms with E-state index in [9.17, 15) is 29.7 Å². The van der Waals surface area contributed by atoms with Crippen molar-refractivity contribution in [3.05, 3.63) is 41.7 Å². The normalized spacial score (nSPS) is 12.7. The number of nitriles is 1. The molecule has 0 radical (unpaired) electrons. The average molecular weight is 566 g/mol. The fourth-order valence-electron chi connectivity index (χ4n) is 3.84. The Bertz CT molecular complexity index is 1520. The van der Waals surface area contributed by atoms with Gasteiger partial charge in [0.1, 0.15) is 5.69 Å². The van der Waals surface area contributed by atoms with Gasteiger partial charge in [-0.3, -0.25) is 24.4 Å². The molecule has 0 spiro atoms. The third-order valence-corrected chi connectivity index (χ3v) is 5.89. The van der Waals surface area contributed by atoms with E-state index in [-0.39, 0.29) is 47.7 Å². The molecule has 41 heavy (non-hydrogen) atoms. The molecule has 4 rings (SSSR count). The zero-order chi connectivity index (χ0) is 29.7. The van der Waals surface area contributed by atoms with E-state index in [2.05, 4.69) is 31.2 Å². The number of ether oxygens (including phenoxy) is 1. The Balaban J connectivity index is 1.69. The first-order chi connectivity index (χ1) is 19.5. The summed E-state index contributed by atoms with van der Waals surface area (Å²) in [5, 5.41) is 58.2. The Hall–Kier alpha value is -5.11. The monoisotopic (exact) mass is 565 g/mol. The average Bonchev–Trinajstić information content (AvgIpc) is 3.69. The van der Waals surface area contributed by atoms with E-state index < -0.39 is 23.6 Å². The minimum atomic E-state index is -3.52. The molecule has 0 saturated heterocycles. The first kappa shape index (κ1) is 28.9. The van der Waals surface area contributed by atoms with Crippen molar-refractivity contribution in [1.82, 2.24) is 30.6 Å². The molecular weight excluding hydrogens is 538 g/mol. The maximum Gasteiger partial charge on any atom is 0.369 e. The van der Waals surface area contributed by atoms with E-state index in [1.54, 1.807) is 36.6 Å². The quantitative estimate of drug-likeness (QED) is 0.120. The van der Waals surface area contributed by atoms with Gasteiger partial charge in [-0.2, -0.15) is 10.4 Å². The number of nitrogens with zero attached hydrogens (tertiary/aromatic N) is 5. The molecular formula is C25H27N9O7. The highest BCUT2D eigenvalue weighted by molar-refractivity contribution is 6.00. The number of methoxy groups -OCH3 is 1. The number of aliphatic hydroxyl groups is 3. The van der Waals surface area contributed by atoms with Gasteiger partial charge in [0.05, 0.1) is 36.7 Å². The number of rotatable bonds is 11. The zero-order valence-electron chi connectivity index (χ0n) is 22.0. The number of nitrogens with one attached hydrogen (secondary N) is 4. The number of benzene rings is 1. The van der Waals surface area contributed by atoms with Crippen molar-refractivity contribution < 1.29 is 34.4 Å². The lowest BCUT2D eigenvalue weighted by Crippen LogP contribution is -2.48. The molecule has 16 heteroatoms. The molecule has 2 heterocycles. The number of aromatic nitrogens is 4. The molecule has 1 aliphatic rings. The molecule has 3 amide bonds. The lowest BCUT2D eigenvalue weighted by Gasteiger charge is -2.18. The van der Waals surface area contributed by atoms with Gasteiger partial charge >= 0.3 is 6.10 Å². The lowest BCUT2D eigenvalue weighted by molar-refractivity contribution is -0.323. The molecule has 7 N–H and O–H groups in total. The fraction of sp³-hybridized carbons (Fsp3) is 0.320. The molecule has 16 nitrogen and oxygen atoms in total. The summed E-state index contributed by atoms with van der Waals surface area (Å²) >= 11 is 0. The van der Waals surface area contributed by atoms with Crippen molar-refractivity contribution in [3.8, 4) is 23.1 Å². The van der Waals surface area contributed by atoms with E-state index in [0.717, 1.165) is 12.8 Å². The van der Waals surface area contributed by atoms with Gasteiger partial charge in [0.2, 0.25) is 5.91 Å². The Kier molecular flexibility index (Phi) is 8.42. The predicted molar refractivity (Wildman–Crippen MR) is 141 cm³/mol. The summed E-state index contributed by atoms with van der Waals surface area (Å²) in [5.74, 6) is -1.72. The summed E-state index contributed by atoms with van der Waals surface area (Å²) < 4.78 is 7.01. The smallest absolute Gasteiger partial charge is 0.369 e. The third-order valence-electron chi connectivity index (χ3n) is 5.89. The Morgan fingerprint density at radius 1 is 1.15 bits per heavy atom. The second-order valence-electron chi connectivity index (χ2n) is 9.06. The van der Waals surface area contributed by atoms with E-state index in [4.69, 9.17) is 10.00 Å². The molecule has 0 bridgehead atoms. The molecule has 3 aromatic rings. The summed E-state index contributed by atoms with van der Waals surface area (Å²) in [4.78, 5) is 37.4. The van der Waals surface area contributed by atoms with Crippen LogP contribution in [-0.2, 0) is 11.8 Å². The summed E-state index contributed by atoms with van der Waals surface area (Å²) in [6, 6.07) is 9.78. The van der Waals surface area contributed by atoms with E-state index >= 15 is 0 Å². The molecule has 214 valence electrons. The van der Waals surface area contributed by atoms with Gasteiger partial charge in [-0.15, -0.1) is 10.2 Å². The van der Waals surface area contributed by atoms with Crippen LogP contribution in [0.15, 0.2) is 30.3 Å². The van der Waals surface area contributed by atoms with Crippen molar-refractivity contribution in [2.24, 2.45) is 13.0 Å². The Morgan fingerprint density at radius 3 is 2.56 bits per heavy atom. The number of hydrogen-bond acceptors (Lipinski definition) is 12. The molecule has 1 saturated carbocycles. The van der Waals surface area contributed by atoms with Gasteiger partial charge in [-0.25, -0.2) is 0 Å². The maximum atomic E-state index is 12.6. The summed E-state index contributed by atoms with van der Waals surface area (Å²) in [7, 11) is 2.99. The molecule has 0 aliphatic heterocycles. The number of anilines is 3. The molecule has 0 unspecified atom stereocenters. The highest BCUT2D eigenvalue weighted by Crippen LogP contribution is 2.38. The topological polar surface area (TPSA) is 237 Å². The summed E-state index contributed by atoms with van der Waals surface area (Å²) in [6.07, 6.45) is -1.87. The lowest BCUT2D eigenvalue weighted by atomic mass is 10.1. The summed E-state index contributed by atoms with van der Waals surface area (Å²) in [6.45, 7) is 0.182. The molecule has 1 fully saturated rings. The van der Waals surface area contributed by atoms with Crippen molar-refractivity contribution in [1.29, 1.82) is 5.26 Å². The van der Waals surface area contributed by atoms with Gasteiger partial charge in [0.15, 0.2) is 17.3 Å². The highest BCUT2D eigenvalue weighted by Gasteiger charge is 2.31. The van der Waals surface area contributed by atoms with Crippen LogP contribution >= 0.6 is 0 Å². The fourth-order valence-corrected chi connectivity index (χ4v) is 3.84. The number of para-hydroxylation sites is 1. The minimum absolute atomic E-state index is 0.0242. The molecule has 1 aliphatic carbocycles. The number of aryl methyl sites for hydroxylation is 1. The largest absolute Gasteiger partial charge is 0.494 e. The second-order valence-corrected chi connectivity index (χ2v) is 9.06. The third kappa shape index (κ3) is 7.10. The van der Waals surface area contributed by atoms with Crippen LogP contribution in [0.3, 0.4) is 0 Å². The van der Waals surface area contributed by atoms with Gasteiger partial charge in [-0.05, 0) is 31.0 Å². The Labute approximate surface area is 233 Å². The zero-order valence-corrected chi connectivity index (χ0v) is 22.0. The second kappa shape index (κ2) is 12.0. The van der Waals surface area contributed by atoms with E-state index in [1.807, 2.05) is 6.07 Å². The van der Waals surface area contributed by atoms with Crippen molar-refractivity contribution in [2.75, 3.05) is 24.3 Å².